The quantitative estimate of drug-likeness (QED) is 0.580. The molecule has 1 aromatic heterocycles. The van der Waals surface area contributed by atoms with E-state index in [9.17, 15) is 4.79 Å². The second kappa shape index (κ2) is 7.60. The smallest absolute Gasteiger partial charge is 0.274 e. The highest BCUT2D eigenvalue weighted by Gasteiger charge is 2.21. The summed E-state index contributed by atoms with van der Waals surface area (Å²) in [5.74, 6) is -0.255. The van der Waals surface area contributed by atoms with E-state index in [0.717, 1.165) is 38.0 Å². The minimum absolute atomic E-state index is 0.0633. The lowest BCUT2D eigenvalue weighted by molar-refractivity contribution is 0.102. The molecule has 2 aromatic carbocycles. The first kappa shape index (κ1) is 19.0. The molecule has 0 radical (unpaired) electrons. The maximum atomic E-state index is 12.8. The third kappa shape index (κ3) is 3.95. The summed E-state index contributed by atoms with van der Waals surface area (Å²) < 4.78 is 0. The molecular weight excluding hydrogens is 382 g/mol. The van der Waals surface area contributed by atoms with Crippen molar-refractivity contribution < 1.29 is 4.79 Å². The number of carbonyl (C=O) groups excluding carboxylic acids is 1. The van der Waals surface area contributed by atoms with Gasteiger partial charge in [-0.1, -0.05) is 36.0 Å². The fraction of sp³-hybridized carbons (Fsp3) is 0.136. The van der Waals surface area contributed by atoms with E-state index in [4.69, 9.17) is 5.73 Å². The molecule has 0 saturated carbocycles. The zero-order chi connectivity index (χ0) is 20.5. The van der Waals surface area contributed by atoms with Crippen molar-refractivity contribution >= 4 is 39.9 Å². The van der Waals surface area contributed by atoms with Crippen LogP contribution in [0.1, 0.15) is 34.2 Å². The lowest BCUT2D eigenvalue weighted by Crippen LogP contribution is -2.17. The van der Waals surface area contributed by atoms with Crippen LogP contribution in [0.15, 0.2) is 59.1 Å². The van der Waals surface area contributed by atoms with E-state index in [1.807, 2.05) is 63.2 Å². The first-order valence-corrected chi connectivity index (χ1v) is 10.0. The van der Waals surface area contributed by atoms with Crippen LogP contribution in [0.5, 0.6) is 0 Å². The van der Waals surface area contributed by atoms with E-state index in [0.29, 0.717) is 5.69 Å². The number of amides is 1. The molecular formula is C22H21N5OS. The van der Waals surface area contributed by atoms with E-state index in [2.05, 4.69) is 20.6 Å². The van der Waals surface area contributed by atoms with Gasteiger partial charge in [-0.15, -0.1) is 0 Å². The number of nitrogens with one attached hydrogen (secondary N) is 2. The Morgan fingerprint density at radius 3 is 2.69 bits per heavy atom. The highest BCUT2D eigenvalue weighted by molar-refractivity contribution is 8.08. The van der Waals surface area contributed by atoms with Gasteiger partial charge in [0.2, 0.25) is 5.95 Å². The molecule has 29 heavy (non-hydrogen) atoms. The number of carbonyl (C=O) groups is 1. The summed E-state index contributed by atoms with van der Waals surface area (Å²) in [6.45, 7) is 5.91. The molecule has 1 aliphatic rings. The third-order valence-electron chi connectivity index (χ3n) is 4.61. The molecule has 6 nitrogen and oxygen atoms in total. The van der Waals surface area contributed by atoms with Crippen LogP contribution in [-0.4, -0.2) is 15.9 Å². The summed E-state index contributed by atoms with van der Waals surface area (Å²) in [6.07, 6.45) is 0. The minimum atomic E-state index is -0.318. The van der Waals surface area contributed by atoms with Crippen molar-refractivity contribution in [1.82, 2.24) is 9.97 Å². The molecule has 4 rings (SSSR count). The molecule has 0 spiro atoms. The molecule has 2 heterocycles. The fourth-order valence-corrected chi connectivity index (χ4v) is 4.11. The lowest BCUT2D eigenvalue weighted by atomic mass is 10.1. The number of hydrogen-bond acceptors (Lipinski definition) is 6. The third-order valence-corrected chi connectivity index (χ3v) is 5.91. The molecule has 0 fully saturated rings. The summed E-state index contributed by atoms with van der Waals surface area (Å²) in [6, 6.07) is 15.6. The van der Waals surface area contributed by atoms with E-state index >= 15 is 0 Å². The van der Waals surface area contributed by atoms with E-state index in [1.54, 1.807) is 17.8 Å². The highest BCUT2D eigenvalue weighted by atomic mass is 32.2. The van der Waals surface area contributed by atoms with Crippen LogP contribution < -0.4 is 16.4 Å². The highest BCUT2D eigenvalue weighted by Crippen LogP contribution is 2.43. The number of aryl methyl sites for hydroxylation is 2. The van der Waals surface area contributed by atoms with Gasteiger partial charge in [-0.3, -0.25) is 4.79 Å². The Labute approximate surface area is 173 Å². The Morgan fingerprint density at radius 1 is 1.07 bits per heavy atom. The van der Waals surface area contributed by atoms with Gasteiger partial charge in [0.05, 0.1) is 16.3 Å². The van der Waals surface area contributed by atoms with Crippen LogP contribution >= 0.6 is 11.8 Å². The lowest BCUT2D eigenvalue weighted by Gasteiger charge is -2.22. The van der Waals surface area contributed by atoms with Crippen molar-refractivity contribution in [3.8, 4) is 0 Å². The van der Waals surface area contributed by atoms with Gasteiger partial charge in [-0.25, -0.2) is 9.97 Å². The van der Waals surface area contributed by atoms with Crippen molar-refractivity contribution in [1.29, 1.82) is 0 Å². The topological polar surface area (TPSA) is 92.9 Å². The van der Waals surface area contributed by atoms with E-state index in [-0.39, 0.29) is 17.5 Å². The van der Waals surface area contributed by atoms with Crippen molar-refractivity contribution in [2.75, 3.05) is 16.4 Å². The van der Waals surface area contributed by atoms with Gasteiger partial charge in [0.1, 0.15) is 5.69 Å². The molecule has 3 aromatic rings. The Hall–Kier alpha value is -3.32. The van der Waals surface area contributed by atoms with Crippen molar-refractivity contribution in [2.45, 2.75) is 25.7 Å². The molecule has 4 N–H and O–H groups in total. The largest absolute Gasteiger partial charge is 0.368 e. The van der Waals surface area contributed by atoms with Gasteiger partial charge < -0.3 is 16.4 Å². The zero-order valence-corrected chi connectivity index (χ0v) is 17.2. The number of aromatic nitrogens is 2. The SMILES string of the molecule is CC1=C(c2cc(C(=O)Nc3cc(C)ccc3C)nc(N)n2)Sc2ccccc2N1. The fourth-order valence-electron chi connectivity index (χ4n) is 3.10. The Bertz CT molecular complexity index is 1160. The zero-order valence-electron chi connectivity index (χ0n) is 16.4. The predicted molar refractivity (Wildman–Crippen MR) is 119 cm³/mol. The van der Waals surface area contributed by atoms with Crippen LogP contribution in [0.4, 0.5) is 17.3 Å². The van der Waals surface area contributed by atoms with E-state index < -0.39 is 0 Å². The van der Waals surface area contributed by atoms with Crippen LogP contribution in [-0.2, 0) is 0 Å². The number of anilines is 3. The Kier molecular flexibility index (Phi) is 4.98. The summed E-state index contributed by atoms with van der Waals surface area (Å²) in [5, 5.41) is 6.32. The number of nitrogen functional groups attached to an aromatic ring is 1. The van der Waals surface area contributed by atoms with Gasteiger partial charge in [-0.05, 0) is 56.2 Å². The number of rotatable bonds is 3. The van der Waals surface area contributed by atoms with Crippen molar-refractivity contribution in [3.05, 3.63) is 76.7 Å². The summed E-state index contributed by atoms with van der Waals surface area (Å²) >= 11 is 1.60. The number of nitrogens with two attached hydrogens (primary N) is 1. The van der Waals surface area contributed by atoms with Crippen LogP contribution in [0.2, 0.25) is 0 Å². The number of para-hydroxylation sites is 1. The molecule has 146 valence electrons. The summed E-state index contributed by atoms with van der Waals surface area (Å²) in [5.41, 5.74) is 11.6. The van der Waals surface area contributed by atoms with Gasteiger partial charge in [0, 0.05) is 16.3 Å². The Morgan fingerprint density at radius 2 is 1.86 bits per heavy atom. The second-order valence-corrected chi connectivity index (χ2v) is 8.00. The summed E-state index contributed by atoms with van der Waals surface area (Å²) in [7, 11) is 0. The minimum Gasteiger partial charge on any atom is -0.368 e. The second-order valence-electron chi connectivity index (χ2n) is 6.95. The van der Waals surface area contributed by atoms with Crippen molar-refractivity contribution in [3.63, 3.8) is 0 Å². The van der Waals surface area contributed by atoms with Gasteiger partial charge in [0.25, 0.3) is 5.91 Å². The molecule has 1 aliphatic heterocycles. The number of nitrogens with zero attached hydrogens (tertiary/aromatic N) is 2. The first-order valence-electron chi connectivity index (χ1n) is 9.19. The predicted octanol–water partition coefficient (Wildman–Crippen LogP) is 4.83. The monoisotopic (exact) mass is 403 g/mol. The number of hydrogen-bond donors (Lipinski definition) is 3. The molecule has 1 amide bonds. The van der Waals surface area contributed by atoms with Gasteiger partial charge in [-0.2, -0.15) is 0 Å². The average Bonchev–Trinajstić information content (AvgIpc) is 2.69. The molecule has 0 unspecified atom stereocenters. The van der Waals surface area contributed by atoms with Gasteiger partial charge in [0.15, 0.2) is 0 Å². The normalized spacial score (nSPS) is 12.9. The molecule has 0 atom stereocenters. The molecule has 0 saturated heterocycles. The van der Waals surface area contributed by atoms with E-state index in [1.165, 1.54) is 0 Å². The van der Waals surface area contributed by atoms with Crippen molar-refractivity contribution in [2.24, 2.45) is 0 Å². The average molecular weight is 404 g/mol. The molecule has 0 aliphatic carbocycles. The van der Waals surface area contributed by atoms with Crippen LogP contribution in [0, 0.1) is 13.8 Å². The number of thioether (sulfide) groups is 1. The molecule has 7 heteroatoms. The van der Waals surface area contributed by atoms with Crippen LogP contribution in [0.3, 0.4) is 0 Å². The maximum absolute atomic E-state index is 12.8. The number of allylic oxidation sites excluding steroid dienone is 1. The summed E-state index contributed by atoms with van der Waals surface area (Å²) in [4.78, 5) is 23.4. The first-order chi connectivity index (χ1) is 13.9. The number of benzene rings is 2. The van der Waals surface area contributed by atoms with Gasteiger partial charge >= 0.3 is 0 Å². The standard InChI is InChI=1S/C22H21N5OS/c1-12-8-9-13(2)16(10-12)25-21(28)18-11-17(26-22(23)27-18)20-14(3)24-15-6-4-5-7-19(15)29-20/h4-11,24H,1-3H3,(H,25,28)(H2,23,26,27). The Balaban J connectivity index is 1.66. The molecule has 0 bridgehead atoms. The van der Waals surface area contributed by atoms with Crippen LogP contribution in [0.25, 0.3) is 4.91 Å². The maximum Gasteiger partial charge on any atom is 0.274 e. The number of fused-ring (bicyclic) bond motifs is 1.